The van der Waals surface area contributed by atoms with Crippen molar-refractivity contribution in [3.63, 3.8) is 0 Å². The molecule has 1 fully saturated rings. The van der Waals surface area contributed by atoms with Gasteiger partial charge in [-0.05, 0) is 37.4 Å². The van der Waals surface area contributed by atoms with Crippen LogP contribution in [0.1, 0.15) is 57.6 Å². The van der Waals surface area contributed by atoms with Gasteiger partial charge >= 0.3 is 0 Å². The van der Waals surface area contributed by atoms with E-state index in [1.807, 2.05) is 0 Å². The summed E-state index contributed by atoms with van der Waals surface area (Å²) in [5.41, 5.74) is 2.88. The van der Waals surface area contributed by atoms with E-state index in [9.17, 15) is 0 Å². The summed E-state index contributed by atoms with van der Waals surface area (Å²) in [5.74, 6) is 0. The van der Waals surface area contributed by atoms with Gasteiger partial charge in [0.2, 0.25) is 0 Å². The van der Waals surface area contributed by atoms with Gasteiger partial charge in [0.05, 0.1) is 0 Å². The molecule has 19 heavy (non-hydrogen) atoms. The van der Waals surface area contributed by atoms with Gasteiger partial charge in [-0.2, -0.15) is 0 Å². The van der Waals surface area contributed by atoms with Gasteiger partial charge in [-0.25, -0.2) is 0 Å². The first kappa shape index (κ1) is 14.4. The van der Waals surface area contributed by atoms with Crippen LogP contribution in [0.25, 0.3) is 0 Å². The van der Waals surface area contributed by atoms with Crippen molar-refractivity contribution >= 4 is 5.69 Å². The Labute approximate surface area is 118 Å². The minimum Gasteiger partial charge on any atom is -0.371 e. The number of hydrogen-bond donors (Lipinski definition) is 1. The highest BCUT2D eigenvalue weighted by Gasteiger charge is 2.23. The van der Waals surface area contributed by atoms with Gasteiger partial charge in [0.15, 0.2) is 0 Å². The van der Waals surface area contributed by atoms with E-state index in [1.54, 1.807) is 0 Å². The number of nitrogens with zero attached hydrogens (tertiary/aromatic N) is 1. The van der Waals surface area contributed by atoms with E-state index in [1.165, 1.54) is 36.9 Å². The lowest BCUT2D eigenvalue weighted by molar-refractivity contribution is 0.534. The zero-order valence-corrected chi connectivity index (χ0v) is 12.7. The Hall–Kier alpha value is -1.02. The lowest BCUT2D eigenvalue weighted by atomic mass is 10.0. The van der Waals surface area contributed by atoms with Crippen LogP contribution in [-0.4, -0.2) is 19.6 Å². The van der Waals surface area contributed by atoms with Crippen LogP contribution in [0.3, 0.4) is 0 Å². The maximum atomic E-state index is 3.61. The Morgan fingerprint density at radius 3 is 2.53 bits per heavy atom. The molecule has 1 aromatic rings. The predicted octanol–water partition coefficient (Wildman–Crippen LogP) is 4.13. The third kappa shape index (κ3) is 3.30. The zero-order chi connectivity index (χ0) is 13.7. The Morgan fingerprint density at radius 1 is 1.21 bits per heavy atom. The zero-order valence-electron chi connectivity index (χ0n) is 12.7. The highest BCUT2D eigenvalue weighted by molar-refractivity contribution is 5.55. The Bertz CT molecular complexity index is 383. The second kappa shape index (κ2) is 6.95. The molecule has 0 bridgehead atoms. The summed E-state index contributed by atoms with van der Waals surface area (Å²) in [6.45, 7) is 5.48. The first-order valence-corrected chi connectivity index (χ1v) is 7.83. The molecule has 1 aromatic carbocycles. The van der Waals surface area contributed by atoms with Crippen molar-refractivity contribution in [3.8, 4) is 0 Å². The van der Waals surface area contributed by atoms with Crippen LogP contribution in [0.4, 0.5) is 5.69 Å². The Balaban J connectivity index is 2.23. The summed E-state index contributed by atoms with van der Waals surface area (Å²) < 4.78 is 0. The molecule has 2 rings (SSSR count). The van der Waals surface area contributed by atoms with Crippen LogP contribution < -0.4 is 10.2 Å². The second-order valence-electron chi connectivity index (χ2n) is 5.63. The molecule has 0 spiro atoms. The van der Waals surface area contributed by atoms with E-state index in [-0.39, 0.29) is 0 Å². The third-order valence-corrected chi connectivity index (χ3v) is 4.42. The highest BCUT2D eigenvalue weighted by atomic mass is 15.1. The summed E-state index contributed by atoms with van der Waals surface area (Å²) in [4.78, 5) is 2.52. The molecule has 1 saturated carbocycles. The number of para-hydroxylation sites is 1. The fraction of sp³-hybridized carbons (Fsp3) is 0.647. The summed E-state index contributed by atoms with van der Waals surface area (Å²) in [6, 6.07) is 10.1. The molecule has 1 atom stereocenters. The maximum absolute atomic E-state index is 3.61. The van der Waals surface area contributed by atoms with Crippen LogP contribution in [0.2, 0.25) is 0 Å². The van der Waals surface area contributed by atoms with E-state index in [2.05, 4.69) is 55.4 Å². The van der Waals surface area contributed by atoms with Gasteiger partial charge in [0, 0.05) is 24.8 Å². The molecular weight excluding hydrogens is 232 g/mol. The van der Waals surface area contributed by atoms with Crippen molar-refractivity contribution in [1.29, 1.82) is 0 Å². The summed E-state index contributed by atoms with van der Waals surface area (Å²) in [5, 5.41) is 3.61. The number of anilines is 1. The van der Waals surface area contributed by atoms with Crippen molar-refractivity contribution < 1.29 is 0 Å². The SMILES string of the molecule is CCNC(CC)c1ccccc1N(C)C1CCCC1. The van der Waals surface area contributed by atoms with Gasteiger partial charge < -0.3 is 10.2 Å². The Kier molecular flexibility index (Phi) is 5.26. The molecule has 0 saturated heterocycles. The van der Waals surface area contributed by atoms with E-state index in [0.29, 0.717) is 6.04 Å². The van der Waals surface area contributed by atoms with Gasteiger partial charge in [0.25, 0.3) is 0 Å². The lowest BCUT2D eigenvalue weighted by Crippen LogP contribution is -2.31. The molecular formula is C17H28N2. The topological polar surface area (TPSA) is 15.3 Å². The van der Waals surface area contributed by atoms with E-state index in [0.717, 1.165) is 19.0 Å². The molecule has 2 heteroatoms. The minimum absolute atomic E-state index is 0.477. The van der Waals surface area contributed by atoms with Crippen LogP contribution in [0.5, 0.6) is 0 Å². The van der Waals surface area contributed by atoms with Crippen LogP contribution in [-0.2, 0) is 0 Å². The molecule has 1 aliphatic rings. The van der Waals surface area contributed by atoms with Gasteiger partial charge in [-0.3, -0.25) is 0 Å². The van der Waals surface area contributed by atoms with E-state index >= 15 is 0 Å². The number of hydrogen-bond acceptors (Lipinski definition) is 2. The molecule has 0 radical (unpaired) electrons. The van der Waals surface area contributed by atoms with Gasteiger partial charge in [-0.15, -0.1) is 0 Å². The van der Waals surface area contributed by atoms with Gasteiger partial charge in [0.1, 0.15) is 0 Å². The van der Waals surface area contributed by atoms with Gasteiger partial charge in [-0.1, -0.05) is 44.9 Å². The monoisotopic (exact) mass is 260 g/mol. The molecule has 2 nitrogen and oxygen atoms in total. The molecule has 0 aromatic heterocycles. The van der Waals surface area contributed by atoms with E-state index < -0.39 is 0 Å². The largest absolute Gasteiger partial charge is 0.371 e. The summed E-state index contributed by atoms with van der Waals surface area (Å²) in [6.07, 6.45) is 6.62. The van der Waals surface area contributed by atoms with E-state index in [4.69, 9.17) is 0 Å². The molecule has 0 heterocycles. The van der Waals surface area contributed by atoms with Crippen LogP contribution in [0.15, 0.2) is 24.3 Å². The highest BCUT2D eigenvalue weighted by Crippen LogP contribution is 2.32. The number of nitrogens with one attached hydrogen (secondary N) is 1. The smallest absolute Gasteiger partial charge is 0.0414 e. The second-order valence-corrected chi connectivity index (χ2v) is 5.63. The molecule has 106 valence electrons. The molecule has 0 aliphatic heterocycles. The van der Waals surface area contributed by atoms with Crippen LogP contribution >= 0.6 is 0 Å². The normalized spacial score (nSPS) is 17.6. The predicted molar refractivity (Wildman–Crippen MR) is 83.8 cm³/mol. The average molecular weight is 260 g/mol. The van der Waals surface area contributed by atoms with Crippen molar-refractivity contribution in [2.45, 2.75) is 58.0 Å². The third-order valence-electron chi connectivity index (χ3n) is 4.42. The summed E-state index contributed by atoms with van der Waals surface area (Å²) >= 11 is 0. The maximum Gasteiger partial charge on any atom is 0.0414 e. The number of rotatable bonds is 6. The van der Waals surface area contributed by atoms with Crippen molar-refractivity contribution in [2.75, 3.05) is 18.5 Å². The quantitative estimate of drug-likeness (QED) is 0.827. The molecule has 1 aliphatic carbocycles. The fourth-order valence-corrected chi connectivity index (χ4v) is 3.31. The Morgan fingerprint density at radius 2 is 1.89 bits per heavy atom. The molecule has 0 amide bonds. The first-order valence-electron chi connectivity index (χ1n) is 7.83. The van der Waals surface area contributed by atoms with Crippen molar-refractivity contribution in [2.24, 2.45) is 0 Å². The standard InChI is InChI=1S/C17H28N2/c1-4-16(18-5-2)15-12-8-9-13-17(15)19(3)14-10-6-7-11-14/h8-9,12-14,16,18H,4-7,10-11H2,1-3H3. The molecule has 1 unspecified atom stereocenters. The summed E-state index contributed by atoms with van der Waals surface area (Å²) in [7, 11) is 2.27. The lowest BCUT2D eigenvalue weighted by Gasteiger charge is -2.31. The first-order chi connectivity index (χ1) is 9.27. The van der Waals surface area contributed by atoms with Crippen molar-refractivity contribution in [1.82, 2.24) is 5.32 Å². The minimum atomic E-state index is 0.477. The van der Waals surface area contributed by atoms with Crippen molar-refractivity contribution in [3.05, 3.63) is 29.8 Å². The average Bonchev–Trinajstić information content (AvgIpc) is 2.98. The number of benzene rings is 1. The fourth-order valence-electron chi connectivity index (χ4n) is 3.31. The molecule has 1 N–H and O–H groups in total. The van der Waals surface area contributed by atoms with Crippen LogP contribution in [0, 0.1) is 0 Å².